The number of carbonyl (C=O) groups excluding carboxylic acids is 4. The lowest BCUT2D eigenvalue weighted by molar-refractivity contribution is -0.790. The minimum atomic E-state index is -2.41. The summed E-state index contributed by atoms with van der Waals surface area (Å²) in [5.74, 6) is -7.51. The zero-order valence-corrected chi connectivity index (χ0v) is 28.2. The predicted molar refractivity (Wildman–Crippen MR) is 161 cm³/mol. The van der Waals surface area contributed by atoms with Gasteiger partial charge < -0.3 is 39.5 Å². The van der Waals surface area contributed by atoms with Gasteiger partial charge in [-0.2, -0.15) is 0 Å². The molecule has 0 aromatic carbocycles. The molecule has 5 aliphatic rings. The molecule has 18 nitrogen and oxygen atoms in total. The lowest BCUT2D eigenvalue weighted by Gasteiger charge is -2.62. The summed E-state index contributed by atoms with van der Waals surface area (Å²) in [4.78, 5) is 80.5. The molecule has 51 heavy (non-hydrogen) atoms. The summed E-state index contributed by atoms with van der Waals surface area (Å²) in [6.07, 6.45) is -3.80. The van der Waals surface area contributed by atoms with Crippen LogP contribution >= 0.6 is 0 Å². The van der Waals surface area contributed by atoms with Crippen molar-refractivity contribution in [1.29, 1.82) is 0 Å². The number of halogens is 2. The van der Waals surface area contributed by atoms with E-state index in [0.29, 0.717) is 0 Å². The molecule has 1 heterocycles. The molecule has 1 saturated heterocycles. The van der Waals surface area contributed by atoms with Gasteiger partial charge in [0, 0.05) is 29.6 Å². The molecule has 0 amide bonds. The number of ether oxygens (including phenoxy) is 4. The average molecular weight is 732 g/mol. The molecule has 1 aliphatic heterocycles. The number of esters is 2. The van der Waals surface area contributed by atoms with Gasteiger partial charge in [-0.05, 0) is 51.2 Å². The Bertz CT molecular complexity index is 1590. The van der Waals surface area contributed by atoms with Crippen LogP contribution in [-0.2, 0) is 47.8 Å². The second kappa shape index (κ2) is 13.1. The quantitative estimate of drug-likeness (QED) is 0.154. The number of aliphatic hydroxyl groups is 1. The molecule has 0 radical (unpaired) electrons. The normalized spacial score (nSPS) is 37.2. The van der Waals surface area contributed by atoms with E-state index in [0.717, 1.165) is 0 Å². The second-order valence-corrected chi connectivity index (χ2v) is 14.5. The highest BCUT2D eigenvalue weighted by Gasteiger charge is 2.80. The molecule has 5 rings (SSSR count). The molecule has 0 aromatic rings. The third-order valence-corrected chi connectivity index (χ3v) is 11.1. The first kappa shape index (κ1) is 38.1. The summed E-state index contributed by atoms with van der Waals surface area (Å²) in [7, 11) is 0. The molecule has 0 aromatic heterocycles. The van der Waals surface area contributed by atoms with E-state index in [1.807, 2.05) is 0 Å². The molecular formula is C31H39F2N3O15. The smallest absolute Gasteiger partial charge is 0.323 e. The maximum atomic E-state index is 17.6. The number of aliphatic hydroxyl groups excluding tert-OH is 1. The molecule has 3 fully saturated rings. The fourth-order valence-electron chi connectivity index (χ4n) is 9.01. The standard InChI is InChI=1S/C31H39F2N3O15/c1-27(2)49-24-9-17-18-8-20(32)19-7-15(37)5-6-28(19,3)30(18,33)22(38)11-29(17,4)31(24,51-27)23(39)14-46-25(40)10-21(34)26(41)47-12-16(50-36(44)45)13-48-35(42)43/h5-6,16-18,21-22,24,38H,7-14,34H2,1-4H3/t16?,17?,18?,21?,22-,24+,28-,29-,30-,31+/m0/s1. The maximum absolute atomic E-state index is 17.6. The van der Waals surface area contributed by atoms with Crippen LogP contribution in [0, 0.1) is 42.9 Å². The van der Waals surface area contributed by atoms with Crippen LogP contribution in [0.1, 0.15) is 59.8 Å². The van der Waals surface area contributed by atoms with Gasteiger partial charge in [-0.1, -0.05) is 13.0 Å². The third-order valence-electron chi connectivity index (χ3n) is 11.1. The van der Waals surface area contributed by atoms with Crippen LogP contribution in [0.25, 0.3) is 0 Å². The number of Topliss-reactive ketones (excluding diaryl/α,β-unsaturated/α-hetero) is 1. The topological polar surface area (TPSA) is 256 Å². The van der Waals surface area contributed by atoms with Crippen LogP contribution in [-0.4, -0.2) is 100 Å². The van der Waals surface area contributed by atoms with E-state index in [2.05, 4.69) is 9.68 Å². The minimum absolute atomic E-state index is 0.0170. The average Bonchev–Trinajstić information content (AvgIpc) is 3.44. The van der Waals surface area contributed by atoms with Gasteiger partial charge in [-0.15, -0.1) is 20.2 Å². The lowest BCUT2D eigenvalue weighted by atomic mass is 9.45. The Morgan fingerprint density at radius 3 is 2.45 bits per heavy atom. The van der Waals surface area contributed by atoms with Crippen molar-refractivity contribution in [1.82, 2.24) is 0 Å². The number of fused-ring (bicyclic) bond motifs is 7. The lowest BCUT2D eigenvalue weighted by Crippen LogP contribution is -2.70. The van der Waals surface area contributed by atoms with Crippen LogP contribution in [0.5, 0.6) is 0 Å². The fraction of sp³-hybridized carbons (Fsp3) is 0.742. The highest BCUT2D eigenvalue weighted by molar-refractivity contribution is 5.94. The molecule has 10 atom stereocenters. The number of ketones is 2. The first-order chi connectivity index (χ1) is 23.6. The first-order valence-electron chi connectivity index (χ1n) is 16.2. The van der Waals surface area contributed by atoms with Gasteiger partial charge in [0.05, 0.1) is 18.6 Å². The van der Waals surface area contributed by atoms with Crippen molar-refractivity contribution in [3.05, 3.63) is 43.8 Å². The van der Waals surface area contributed by atoms with Crippen molar-refractivity contribution >= 4 is 23.5 Å². The Morgan fingerprint density at radius 1 is 1.12 bits per heavy atom. The van der Waals surface area contributed by atoms with E-state index in [4.69, 9.17) is 24.7 Å². The highest BCUT2D eigenvalue weighted by atomic mass is 19.1. The van der Waals surface area contributed by atoms with Crippen LogP contribution in [0.15, 0.2) is 23.6 Å². The van der Waals surface area contributed by atoms with Gasteiger partial charge in [0.25, 0.3) is 10.2 Å². The Labute approximate surface area is 288 Å². The van der Waals surface area contributed by atoms with E-state index in [1.54, 1.807) is 20.8 Å². The number of allylic oxidation sites excluding steroid dienone is 4. The van der Waals surface area contributed by atoms with Crippen LogP contribution in [0.3, 0.4) is 0 Å². The van der Waals surface area contributed by atoms with Crippen LogP contribution in [0.2, 0.25) is 0 Å². The van der Waals surface area contributed by atoms with Crippen LogP contribution in [0.4, 0.5) is 8.78 Å². The van der Waals surface area contributed by atoms with E-state index in [1.165, 1.54) is 19.1 Å². The summed E-state index contributed by atoms with van der Waals surface area (Å²) in [6.45, 7) is 3.42. The molecular weight excluding hydrogens is 692 g/mol. The molecule has 3 N–H and O–H groups in total. The van der Waals surface area contributed by atoms with E-state index in [9.17, 15) is 44.5 Å². The van der Waals surface area contributed by atoms with Crippen molar-refractivity contribution in [2.75, 3.05) is 19.8 Å². The summed E-state index contributed by atoms with van der Waals surface area (Å²) in [5, 5.41) is 30.1. The highest BCUT2D eigenvalue weighted by Crippen LogP contribution is 2.72. The molecule has 0 spiro atoms. The van der Waals surface area contributed by atoms with E-state index >= 15 is 8.78 Å². The summed E-state index contributed by atoms with van der Waals surface area (Å²) >= 11 is 0. The Balaban J connectivity index is 1.30. The second-order valence-electron chi connectivity index (χ2n) is 14.5. The molecule has 4 unspecified atom stereocenters. The molecule has 4 aliphatic carbocycles. The first-order valence-corrected chi connectivity index (χ1v) is 16.2. The van der Waals surface area contributed by atoms with Gasteiger partial charge in [0.1, 0.15) is 25.1 Å². The Kier molecular flexibility index (Phi) is 9.80. The summed E-state index contributed by atoms with van der Waals surface area (Å²) in [5.41, 5.74) is -1.60. The fourth-order valence-corrected chi connectivity index (χ4v) is 9.01. The van der Waals surface area contributed by atoms with E-state index in [-0.39, 0.29) is 30.6 Å². The number of carbonyl (C=O) groups is 4. The monoisotopic (exact) mass is 731 g/mol. The van der Waals surface area contributed by atoms with Gasteiger partial charge in [0.2, 0.25) is 5.78 Å². The van der Waals surface area contributed by atoms with Crippen molar-refractivity contribution < 1.29 is 71.9 Å². The summed E-state index contributed by atoms with van der Waals surface area (Å²) in [6, 6.07) is -1.69. The molecule has 0 bridgehead atoms. The van der Waals surface area contributed by atoms with Gasteiger partial charge in [0.15, 0.2) is 35.6 Å². The minimum Gasteiger partial charge on any atom is -0.462 e. The Hall–Kier alpha value is -4.14. The summed E-state index contributed by atoms with van der Waals surface area (Å²) < 4.78 is 55.8. The number of nitrogens with two attached hydrogens (primary N) is 1. The SMILES string of the molecule is CC1(C)O[C@@H]2CC3C4CC(F)=C5CC(=O)C=C[C@]5(C)[C@@]4(F)[C@@H](O)C[C@]3(C)[C@]2(C(=O)COC(=O)CC(N)C(=O)OCC(CO[N+](=O)[O-])O[N+](=O)[O-])O1. The predicted octanol–water partition coefficient (Wildman–Crippen LogP) is 1.31. The zero-order chi connectivity index (χ0) is 37.9. The number of hydrogen-bond donors (Lipinski definition) is 2. The molecule has 2 saturated carbocycles. The zero-order valence-electron chi connectivity index (χ0n) is 28.2. The number of hydrogen-bond acceptors (Lipinski definition) is 16. The van der Waals surface area contributed by atoms with Crippen LogP contribution < -0.4 is 5.73 Å². The largest absolute Gasteiger partial charge is 0.462 e. The third kappa shape index (κ3) is 6.24. The Morgan fingerprint density at radius 2 is 1.80 bits per heavy atom. The van der Waals surface area contributed by atoms with E-state index < -0.39 is 130 Å². The van der Waals surface area contributed by atoms with Crippen molar-refractivity contribution in [2.24, 2.45) is 28.4 Å². The molecule has 20 heteroatoms. The molecule has 282 valence electrons. The van der Waals surface area contributed by atoms with Gasteiger partial charge >= 0.3 is 11.9 Å². The number of alkyl halides is 1. The van der Waals surface area contributed by atoms with Crippen molar-refractivity contribution in [2.45, 2.75) is 101 Å². The number of rotatable bonds is 13. The number of nitrogens with zero attached hydrogens (tertiary/aromatic N) is 2. The van der Waals surface area contributed by atoms with Crippen molar-refractivity contribution in [3.8, 4) is 0 Å². The maximum Gasteiger partial charge on any atom is 0.323 e. The van der Waals surface area contributed by atoms with Crippen molar-refractivity contribution in [3.63, 3.8) is 0 Å². The van der Waals surface area contributed by atoms with Gasteiger partial charge in [-0.25, -0.2) is 8.78 Å². The van der Waals surface area contributed by atoms with Gasteiger partial charge in [-0.3, -0.25) is 19.2 Å².